The van der Waals surface area contributed by atoms with Gasteiger partial charge in [-0.05, 0) is 60.9 Å². The van der Waals surface area contributed by atoms with E-state index in [1.165, 1.54) is 37.9 Å². The third-order valence-corrected chi connectivity index (χ3v) is 8.33. The number of fused-ring (bicyclic) bond motifs is 3. The van der Waals surface area contributed by atoms with Gasteiger partial charge in [-0.25, -0.2) is 4.98 Å². The zero-order valence-electron chi connectivity index (χ0n) is 20.2. The van der Waals surface area contributed by atoms with Crippen LogP contribution in [0.4, 0.5) is 0 Å². The second-order valence-corrected chi connectivity index (χ2v) is 11.4. The van der Waals surface area contributed by atoms with Crippen molar-refractivity contribution in [2.75, 3.05) is 18.8 Å². The third kappa shape index (κ3) is 4.58. The molecule has 0 bridgehead atoms. The van der Waals surface area contributed by atoms with Crippen LogP contribution in [0.15, 0.2) is 41.9 Å². The Balaban J connectivity index is 1.16. The summed E-state index contributed by atoms with van der Waals surface area (Å²) in [6.45, 7) is 9.33. The lowest BCUT2D eigenvalue weighted by atomic mass is 9.76. The summed E-state index contributed by atoms with van der Waals surface area (Å²) in [5.41, 5.74) is 5.67. The molecule has 1 fully saturated rings. The molecule has 6 nitrogen and oxygen atoms in total. The van der Waals surface area contributed by atoms with E-state index >= 15 is 0 Å². The van der Waals surface area contributed by atoms with Gasteiger partial charge in [-0.1, -0.05) is 50.7 Å². The predicted octanol–water partition coefficient (Wildman–Crippen LogP) is 4.86. The van der Waals surface area contributed by atoms with E-state index in [2.05, 4.69) is 64.0 Å². The Morgan fingerprint density at radius 3 is 2.79 bits per heavy atom. The molecule has 0 radical (unpaired) electrons. The Hall–Kier alpha value is -2.25. The van der Waals surface area contributed by atoms with Gasteiger partial charge in [-0.2, -0.15) is 0 Å². The molecule has 7 heteroatoms. The predicted molar refractivity (Wildman–Crippen MR) is 134 cm³/mol. The first kappa shape index (κ1) is 22.5. The SMILES string of the molecule is Cn1c(SCCCN2CCC3c4ccc(C(C)(C)C)cc4CCC32)nnc1-c1cnccn1. The fourth-order valence-electron chi connectivity index (χ4n) is 5.40. The van der Waals surface area contributed by atoms with Gasteiger partial charge in [0.2, 0.25) is 0 Å². The summed E-state index contributed by atoms with van der Waals surface area (Å²) < 4.78 is 2.02. The lowest BCUT2D eigenvalue weighted by Gasteiger charge is -2.34. The highest BCUT2D eigenvalue weighted by Gasteiger charge is 2.38. The summed E-state index contributed by atoms with van der Waals surface area (Å²) in [4.78, 5) is 11.2. The van der Waals surface area contributed by atoms with Gasteiger partial charge >= 0.3 is 0 Å². The summed E-state index contributed by atoms with van der Waals surface area (Å²) in [7, 11) is 2.00. The van der Waals surface area contributed by atoms with Gasteiger partial charge < -0.3 is 4.57 Å². The van der Waals surface area contributed by atoms with E-state index in [0.29, 0.717) is 12.0 Å². The number of thioether (sulfide) groups is 1. The quantitative estimate of drug-likeness (QED) is 0.385. The van der Waals surface area contributed by atoms with Gasteiger partial charge in [0, 0.05) is 37.2 Å². The van der Waals surface area contributed by atoms with Gasteiger partial charge in [-0.3, -0.25) is 9.88 Å². The maximum absolute atomic E-state index is 4.37. The molecule has 0 amide bonds. The molecule has 3 heterocycles. The number of hydrogen-bond donors (Lipinski definition) is 0. The van der Waals surface area contributed by atoms with Crippen molar-refractivity contribution < 1.29 is 0 Å². The van der Waals surface area contributed by atoms with Crippen LogP contribution >= 0.6 is 11.8 Å². The topological polar surface area (TPSA) is 59.7 Å². The molecule has 33 heavy (non-hydrogen) atoms. The Morgan fingerprint density at radius 2 is 2.00 bits per heavy atom. The molecular weight excluding hydrogens is 428 g/mol. The number of rotatable bonds is 6. The zero-order chi connectivity index (χ0) is 23.0. The number of aryl methyl sites for hydroxylation is 1. The van der Waals surface area contributed by atoms with Gasteiger partial charge in [0.05, 0.1) is 6.20 Å². The summed E-state index contributed by atoms with van der Waals surface area (Å²) in [6, 6.07) is 8.01. The molecule has 1 aliphatic carbocycles. The highest BCUT2D eigenvalue weighted by molar-refractivity contribution is 7.99. The molecule has 0 saturated carbocycles. The Bertz CT molecular complexity index is 1100. The normalized spacial score (nSPS) is 20.6. The van der Waals surface area contributed by atoms with Gasteiger partial charge in [0.25, 0.3) is 0 Å². The van der Waals surface area contributed by atoms with Crippen LogP contribution < -0.4 is 0 Å². The lowest BCUT2D eigenvalue weighted by Crippen LogP contribution is -2.36. The molecule has 1 aliphatic heterocycles. The standard InChI is InChI=1S/C26H34N6S/c1-26(2,3)19-7-8-20-18(16-19)6-9-23-21(20)10-14-32(23)13-5-15-33-25-30-29-24(31(25)4)22-17-27-11-12-28-22/h7-8,11-12,16-17,21,23H,5-6,9-10,13-15H2,1-4H3. The molecule has 2 atom stereocenters. The molecule has 0 spiro atoms. The smallest absolute Gasteiger partial charge is 0.191 e. The minimum Gasteiger partial charge on any atom is -0.304 e. The molecule has 1 aromatic carbocycles. The van der Waals surface area contributed by atoms with Crippen LogP contribution in [0.25, 0.3) is 11.5 Å². The van der Waals surface area contributed by atoms with Crippen LogP contribution in [0.5, 0.6) is 0 Å². The number of aromatic nitrogens is 5. The van der Waals surface area contributed by atoms with E-state index < -0.39 is 0 Å². The Morgan fingerprint density at radius 1 is 1.12 bits per heavy atom. The van der Waals surface area contributed by atoms with Gasteiger partial charge in [-0.15, -0.1) is 10.2 Å². The molecule has 3 aromatic rings. The average molecular weight is 463 g/mol. The van der Waals surface area contributed by atoms with Gasteiger partial charge in [0.15, 0.2) is 11.0 Å². The van der Waals surface area contributed by atoms with Crippen LogP contribution in [0.1, 0.15) is 62.6 Å². The van der Waals surface area contributed by atoms with Crippen molar-refractivity contribution in [1.29, 1.82) is 0 Å². The van der Waals surface area contributed by atoms with Crippen LogP contribution in [0, 0.1) is 0 Å². The first-order valence-electron chi connectivity index (χ1n) is 12.1. The van der Waals surface area contributed by atoms with E-state index in [9.17, 15) is 0 Å². The maximum atomic E-state index is 4.37. The molecule has 2 aliphatic rings. The second-order valence-electron chi connectivity index (χ2n) is 10.4. The second kappa shape index (κ2) is 9.18. The highest BCUT2D eigenvalue weighted by Crippen LogP contribution is 2.42. The number of hydrogen-bond acceptors (Lipinski definition) is 6. The van der Waals surface area contributed by atoms with Crippen LogP contribution in [-0.2, 0) is 18.9 Å². The van der Waals surface area contributed by atoms with Crippen molar-refractivity contribution in [3.63, 3.8) is 0 Å². The molecule has 1 saturated heterocycles. The monoisotopic (exact) mass is 462 g/mol. The minimum atomic E-state index is 0.225. The van der Waals surface area contributed by atoms with Crippen molar-refractivity contribution in [2.45, 2.75) is 69.0 Å². The van der Waals surface area contributed by atoms with Crippen LogP contribution in [-0.4, -0.2) is 54.5 Å². The van der Waals surface area contributed by atoms with Crippen molar-refractivity contribution in [1.82, 2.24) is 29.6 Å². The average Bonchev–Trinajstić information content (AvgIpc) is 3.40. The molecule has 0 N–H and O–H groups in total. The van der Waals surface area contributed by atoms with E-state index in [1.807, 2.05) is 11.6 Å². The summed E-state index contributed by atoms with van der Waals surface area (Å²) in [5.74, 6) is 2.53. The third-order valence-electron chi connectivity index (χ3n) is 7.23. The van der Waals surface area contributed by atoms with Crippen molar-refractivity contribution in [3.05, 3.63) is 53.5 Å². The van der Waals surface area contributed by atoms with Crippen molar-refractivity contribution >= 4 is 11.8 Å². The molecule has 2 aromatic heterocycles. The molecular formula is C26H34N6S. The molecule has 174 valence electrons. The summed E-state index contributed by atoms with van der Waals surface area (Å²) >= 11 is 1.78. The zero-order valence-corrected chi connectivity index (χ0v) is 21.0. The Labute approximate surface area is 201 Å². The Kier molecular flexibility index (Phi) is 6.27. The van der Waals surface area contributed by atoms with E-state index in [-0.39, 0.29) is 5.41 Å². The fourth-order valence-corrected chi connectivity index (χ4v) is 6.24. The largest absolute Gasteiger partial charge is 0.304 e. The molecule has 5 rings (SSSR count). The maximum Gasteiger partial charge on any atom is 0.191 e. The summed E-state index contributed by atoms with van der Waals surface area (Å²) in [6.07, 6.45) is 10.1. The van der Waals surface area contributed by atoms with E-state index in [4.69, 9.17) is 0 Å². The number of likely N-dealkylation sites (tertiary alicyclic amines) is 1. The van der Waals surface area contributed by atoms with Gasteiger partial charge in [0.1, 0.15) is 5.69 Å². The van der Waals surface area contributed by atoms with Crippen molar-refractivity contribution in [2.24, 2.45) is 7.05 Å². The highest BCUT2D eigenvalue weighted by atomic mass is 32.2. The number of nitrogens with zero attached hydrogens (tertiary/aromatic N) is 6. The lowest BCUT2D eigenvalue weighted by molar-refractivity contribution is 0.228. The first-order chi connectivity index (χ1) is 15.9. The van der Waals surface area contributed by atoms with E-state index in [1.54, 1.807) is 41.5 Å². The number of benzene rings is 1. The van der Waals surface area contributed by atoms with Crippen molar-refractivity contribution in [3.8, 4) is 11.5 Å². The van der Waals surface area contributed by atoms with Crippen LogP contribution in [0.2, 0.25) is 0 Å². The van der Waals surface area contributed by atoms with Crippen LogP contribution in [0.3, 0.4) is 0 Å². The summed E-state index contributed by atoms with van der Waals surface area (Å²) in [5, 5.41) is 9.63. The minimum absolute atomic E-state index is 0.225. The fraction of sp³-hybridized carbons (Fsp3) is 0.538. The molecule has 2 unspecified atom stereocenters. The first-order valence-corrected chi connectivity index (χ1v) is 13.1. The van der Waals surface area contributed by atoms with E-state index in [0.717, 1.165) is 28.8 Å².